The van der Waals surface area contributed by atoms with Crippen molar-refractivity contribution in [1.82, 2.24) is 5.32 Å². The molecule has 4 nitrogen and oxygen atoms in total. The van der Waals surface area contributed by atoms with Crippen LogP contribution in [0.25, 0.3) is 0 Å². The minimum atomic E-state index is -0.487. The molecule has 0 heterocycles. The first-order chi connectivity index (χ1) is 10.6. The minimum absolute atomic E-state index is 0.122. The number of hydrogen-bond acceptors (Lipinski definition) is 3. The molecule has 0 radical (unpaired) electrons. The van der Waals surface area contributed by atoms with Crippen LogP contribution in [-0.4, -0.2) is 12.5 Å². The molecule has 2 aromatic carbocycles. The average molecular weight is 363 g/mol. The second-order valence-corrected chi connectivity index (χ2v) is 5.94. The Labute approximate surface area is 138 Å². The van der Waals surface area contributed by atoms with E-state index in [4.69, 9.17) is 10.5 Å². The van der Waals surface area contributed by atoms with Crippen LogP contribution in [-0.2, 0) is 11.3 Å². The quantitative estimate of drug-likeness (QED) is 0.794. The van der Waals surface area contributed by atoms with E-state index in [0.29, 0.717) is 12.3 Å². The first-order valence-corrected chi connectivity index (χ1v) is 7.83. The van der Waals surface area contributed by atoms with Gasteiger partial charge < -0.3 is 15.8 Å². The van der Waals surface area contributed by atoms with Crippen LogP contribution in [0.1, 0.15) is 24.1 Å². The van der Waals surface area contributed by atoms with E-state index in [0.717, 1.165) is 10.0 Å². The number of primary amides is 1. The lowest BCUT2D eigenvalue weighted by Gasteiger charge is -2.16. The molecule has 0 saturated heterocycles. The number of benzene rings is 2. The van der Waals surface area contributed by atoms with Crippen LogP contribution in [0.3, 0.4) is 0 Å². The maximum absolute atomic E-state index is 10.9. The summed E-state index contributed by atoms with van der Waals surface area (Å²) in [6.45, 7) is 2.61. The van der Waals surface area contributed by atoms with Gasteiger partial charge in [-0.1, -0.05) is 46.3 Å². The molecule has 0 bridgehead atoms. The van der Waals surface area contributed by atoms with Gasteiger partial charge in [0.15, 0.2) is 6.61 Å². The fourth-order valence-corrected chi connectivity index (χ4v) is 2.51. The van der Waals surface area contributed by atoms with E-state index >= 15 is 0 Å². The van der Waals surface area contributed by atoms with Gasteiger partial charge >= 0.3 is 0 Å². The summed E-state index contributed by atoms with van der Waals surface area (Å²) >= 11 is 3.45. The Morgan fingerprint density at radius 2 is 2.00 bits per heavy atom. The van der Waals surface area contributed by atoms with Crippen LogP contribution in [0.4, 0.5) is 0 Å². The molecule has 1 amide bonds. The molecule has 2 aromatic rings. The molecular formula is C17H19BrN2O2. The number of ether oxygens (including phenoxy) is 1. The number of nitrogens with one attached hydrogen (secondary N) is 1. The van der Waals surface area contributed by atoms with Crippen molar-refractivity contribution in [2.75, 3.05) is 6.61 Å². The third-order valence-corrected chi connectivity index (χ3v) is 3.78. The number of nitrogens with two attached hydrogens (primary N) is 1. The molecule has 0 aliphatic carbocycles. The maximum atomic E-state index is 10.9. The summed E-state index contributed by atoms with van der Waals surface area (Å²) in [6.07, 6.45) is 0. The van der Waals surface area contributed by atoms with Crippen molar-refractivity contribution in [3.8, 4) is 5.75 Å². The zero-order chi connectivity index (χ0) is 15.9. The second kappa shape index (κ2) is 7.96. The van der Waals surface area contributed by atoms with E-state index < -0.39 is 5.91 Å². The van der Waals surface area contributed by atoms with E-state index in [1.807, 2.05) is 36.4 Å². The van der Waals surface area contributed by atoms with Crippen molar-refractivity contribution in [1.29, 1.82) is 0 Å². The van der Waals surface area contributed by atoms with Gasteiger partial charge in [0.1, 0.15) is 5.75 Å². The van der Waals surface area contributed by atoms with Gasteiger partial charge in [0, 0.05) is 22.6 Å². The average Bonchev–Trinajstić information content (AvgIpc) is 2.52. The van der Waals surface area contributed by atoms with Crippen LogP contribution >= 0.6 is 15.9 Å². The summed E-state index contributed by atoms with van der Waals surface area (Å²) in [5, 5.41) is 3.45. The minimum Gasteiger partial charge on any atom is -0.483 e. The van der Waals surface area contributed by atoms with Crippen LogP contribution < -0.4 is 15.8 Å². The van der Waals surface area contributed by atoms with E-state index in [9.17, 15) is 4.79 Å². The molecule has 0 saturated carbocycles. The highest BCUT2D eigenvalue weighted by atomic mass is 79.9. The number of rotatable bonds is 7. The standard InChI is InChI=1S/C17H19BrN2O2/c1-12(13-5-3-2-4-6-13)20-10-14-9-15(18)7-8-16(14)22-11-17(19)21/h2-9,12,20H,10-11H2,1H3,(H2,19,21). The van der Waals surface area contributed by atoms with Crippen LogP contribution in [0.2, 0.25) is 0 Å². The molecule has 1 unspecified atom stereocenters. The molecule has 1 atom stereocenters. The summed E-state index contributed by atoms with van der Waals surface area (Å²) in [6, 6.07) is 16.1. The van der Waals surface area contributed by atoms with Gasteiger partial charge in [-0.15, -0.1) is 0 Å². The molecule has 3 N–H and O–H groups in total. The summed E-state index contributed by atoms with van der Waals surface area (Å²) in [4.78, 5) is 10.9. The maximum Gasteiger partial charge on any atom is 0.255 e. The van der Waals surface area contributed by atoms with Crippen LogP contribution in [0, 0.1) is 0 Å². The van der Waals surface area contributed by atoms with E-state index in [1.54, 1.807) is 0 Å². The highest BCUT2D eigenvalue weighted by Crippen LogP contribution is 2.24. The lowest BCUT2D eigenvalue weighted by Crippen LogP contribution is -2.22. The number of carbonyl (C=O) groups excluding carboxylic acids is 1. The van der Waals surface area contributed by atoms with Gasteiger partial charge in [-0.05, 0) is 30.7 Å². The van der Waals surface area contributed by atoms with E-state index in [2.05, 4.69) is 40.3 Å². The van der Waals surface area contributed by atoms with Gasteiger partial charge in [0.05, 0.1) is 0 Å². The Kier molecular flexibility index (Phi) is 5.98. The van der Waals surface area contributed by atoms with Crippen molar-refractivity contribution in [2.24, 2.45) is 5.73 Å². The smallest absolute Gasteiger partial charge is 0.255 e. The first kappa shape index (κ1) is 16.5. The van der Waals surface area contributed by atoms with Gasteiger partial charge in [0.25, 0.3) is 5.91 Å². The van der Waals surface area contributed by atoms with Crippen LogP contribution in [0.15, 0.2) is 53.0 Å². The fraction of sp³-hybridized carbons (Fsp3) is 0.235. The summed E-state index contributed by atoms with van der Waals surface area (Å²) in [5.74, 6) is 0.175. The molecule has 22 heavy (non-hydrogen) atoms. The number of carbonyl (C=O) groups is 1. The van der Waals surface area contributed by atoms with Crippen LogP contribution in [0.5, 0.6) is 5.75 Å². The molecule has 0 aliphatic rings. The Bertz CT molecular complexity index is 632. The Morgan fingerprint density at radius 3 is 2.68 bits per heavy atom. The molecular weight excluding hydrogens is 344 g/mol. The molecule has 0 spiro atoms. The highest BCUT2D eigenvalue weighted by molar-refractivity contribution is 9.10. The number of halogens is 1. The molecule has 116 valence electrons. The van der Waals surface area contributed by atoms with Gasteiger partial charge in [-0.3, -0.25) is 4.79 Å². The SMILES string of the molecule is CC(NCc1cc(Br)ccc1OCC(N)=O)c1ccccc1. The second-order valence-electron chi connectivity index (χ2n) is 5.02. The van der Waals surface area contributed by atoms with E-state index in [-0.39, 0.29) is 12.6 Å². The number of hydrogen-bond donors (Lipinski definition) is 2. The molecule has 0 aromatic heterocycles. The van der Waals surface area contributed by atoms with Crippen molar-refractivity contribution in [2.45, 2.75) is 19.5 Å². The zero-order valence-electron chi connectivity index (χ0n) is 12.4. The van der Waals surface area contributed by atoms with Crippen molar-refractivity contribution in [3.63, 3.8) is 0 Å². The molecule has 5 heteroatoms. The monoisotopic (exact) mass is 362 g/mol. The summed E-state index contributed by atoms with van der Waals surface area (Å²) < 4.78 is 6.42. The van der Waals surface area contributed by atoms with Gasteiger partial charge in [-0.2, -0.15) is 0 Å². The molecule has 2 rings (SSSR count). The molecule has 0 aliphatic heterocycles. The Morgan fingerprint density at radius 1 is 1.27 bits per heavy atom. The molecule has 0 fully saturated rings. The van der Waals surface area contributed by atoms with E-state index in [1.165, 1.54) is 5.56 Å². The predicted molar refractivity (Wildman–Crippen MR) is 90.5 cm³/mol. The highest BCUT2D eigenvalue weighted by Gasteiger charge is 2.09. The predicted octanol–water partition coefficient (Wildman–Crippen LogP) is 3.16. The first-order valence-electron chi connectivity index (χ1n) is 7.04. The third kappa shape index (κ3) is 4.86. The Balaban J connectivity index is 2.04. The van der Waals surface area contributed by atoms with Gasteiger partial charge in [-0.25, -0.2) is 0 Å². The van der Waals surface area contributed by atoms with Crippen molar-refractivity contribution >= 4 is 21.8 Å². The normalized spacial score (nSPS) is 11.9. The topological polar surface area (TPSA) is 64.3 Å². The zero-order valence-corrected chi connectivity index (χ0v) is 14.0. The van der Waals surface area contributed by atoms with Crippen molar-refractivity contribution in [3.05, 3.63) is 64.1 Å². The summed E-state index contributed by atoms with van der Waals surface area (Å²) in [7, 11) is 0. The number of amides is 1. The summed E-state index contributed by atoms with van der Waals surface area (Å²) in [5.41, 5.74) is 7.32. The van der Waals surface area contributed by atoms with Gasteiger partial charge in [0.2, 0.25) is 0 Å². The van der Waals surface area contributed by atoms with Crippen molar-refractivity contribution < 1.29 is 9.53 Å². The third-order valence-electron chi connectivity index (χ3n) is 3.29. The largest absolute Gasteiger partial charge is 0.483 e. The fourth-order valence-electron chi connectivity index (χ4n) is 2.10. The lowest BCUT2D eigenvalue weighted by molar-refractivity contribution is -0.119. The lowest BCUT2D eigenvalue weighted by atomic mass is 10.1. The Hall–Kier alpha value is -1.85.